The molecule has 19 heteroatoms. The van der Waals surface area contributed by atoms with Crippen LogP contribution in [0.5, 0.6) is 0 Å². The van der Waals surface area contributed by atoms with Gasteiger partial charge in [0.25, 0.3) is 0 Å². The van der Waals surface area contributed by atoms with Crippen LogP contribution in [0.4, 0.5) is 0 Å². The molecule has 0 radical (unpaired) electrons. The second kappa shape index (κ2) is 44.2. The van der Waals surface area contributed by atoms with E-state index in [0.29, 0.717) is 12.8 Å². The van der Waals surface area contributed by atoms with Gasteiger partial charge in [0.05, 0.1) is 38.6 Å². The summed E-state index contributed by atoms with van der Waals surface area (Å²) in [5, 5.41) is 120. The number of nitrogens with one attached hydrogen (secondary N) is 1. The van der Waals surface area contributed by atoms with Crippen molar-refractivity contribution >= 4 is 5.91 Å². The molecule has 17 unspecified atom stereocenters. The van der Waals surface area contributed by atoms with Crippen molar-refractivity contribution in [3.63, 3.8) is 0 Å². The van der Waals surface area contributed by atoms with Crippen LogP contribution >= 0.6 is 0 Å². The summed E-state index contributed by atoms with van der Waals surface area (Å²) in [6, 6.07) is -1.02. The predicted molar refractivity (Wildman–Crippen MR) is 309 cm³/mol. The van der Waals surface area contributed by atoms with E-state index in [9.17, 15) is 61.0 Å². The fourth-order valence-corrected chi connectivity index (χ4v) is 9.44. The lowest BCUT2D eigenvalue weighted by atomic mass is 9.96. The molecule has 0 saturated carbocycles. The number of ether oxygens (including phenoxy) is 6. The van der Waals surface area contributed by atoms with Gasteiger partial charge >= 0.3 is 0 Å². The van der Waals surface area contributed by atoms with Gasteiger partial charge in [-0.1, -0.05) is 162 Å². The molecule has 12 N–H and O–H groups in total. The van der Waals surface area contributed by atoms with E-state index in [1.165, 1.54) is 51.4 Å². The average Bonchev–Trinajstić information content (AvgIpc) is 3.46. The van der Waals surface area contributed by atoms with Crippen LogP contribution in [0.2, 0.25) is 0 Å². The zero-order valence-electron chi connectivity index (χ0n) is 48.2. The summed E-state index contributed by atoms with van der Waals surface area (Å²) < 4.78 is 34.2. The summed E-state index contributed by atoms with van der Waals surface area (Å²) in [5.41, 5.74) is 0. The van der Waals surface area contributed by atoms with Crippen LogP contribution in [0.15, 0.2) is 97.2 Å². The van der Waals surface area contributed by atoms with Crippen LogP contribution in [0.1, 0.15) is 155 Å². The molecule has 3 aliphatic heterocycles. The summed E-state index contributed by atoms with van der Waals surface area (Å²) in [4.78, 5) is 13.3. The van der Waals surface area contributed by atoms with Gasteiger partial charge in [-0.2, -0.15) is 0 Å². The van der Waals surface area contributed by atoms with E-state index in [-0.39, 0.29) is 12.3 Å². The minimum Gasteiger partial charge on any atom is -0.394 e. The zero-order chi connectivity index (χ0) is 59.0. The summed E-state index contributed by atoms with van der Waals surface area (Å²) in [7, 11) is 0. The maximum atomic E-state index is 13.3. The highest BCUT2D eigenvalue weighted by Crippen LogP contribution is 2.33. The molecule has 3 aliphatic rings. The highest BCUT2D eigenvalue weighted by Gasteiger charge is 2.53. The summed E-state index contributed by atoms with van der Waals surface area (Å²) in [6.45, 7) is 1.52. The smallest absolute Gasteiger partial charge is 0.220 e. The predicted octanol–water partition coefficient (Wildman–Crippen LogP) is 5.37. The first kappa shape index (κ1) is 72.0. The second-order valence-corrected chi connectivity index (χ2v) is 21.1. The Morgan fingerprint density at radius 3 is 1.38 bits per heavy atom. The standard InChI is InChI=1S/C62H103NO18/c1-3-5-7-9-11-13-15-17-19-20-21-22-23-24-26-28-30-32-34-36-38-40-50(68)63-45(46(67)39-37-35-33-31-29-27-25-18-16-14-12-10-8-6-4-2)44-76-60-56(74)53(71)58(48(42-65)78-60)81-62-57(75)54(72)59(49(43-66)79-62)80-61-55(73)52(70)51(69)47(41-64)77-61/h5,7,11,13,17,19,21-22,24,26,29-32,37,39,45-49,51-62,64-67,69-75H,3-4,6,8-10,12,14-16,18,20,23,25,27-28,33-36,38,40-44H2,1-2H3,(H,63,68)/b7-5-,13-11-,19-17-,22-21-,26-24-,31-29+,32-30-,39-37+. The van der Waals surface area contributed by atoms with Crippen LogP contribution in [-0.2, 0) is 33.2 Å². The molecule has 0 bridgehead atoms. The van der Waals surface area contributed by atoms with Gasteiger partial charge in [-0.3, -0.25) is 4.79 Å². The van der Waals surface area contributed by atoms with E-state index in [1.807, 2.05) is 6.08 Å². The zero-order valence-corrected chi connectivity index (χ0v) is 48.2. The fraction of sp³-hybridized carbons (Fsp3) is 0.726. The third kappa shape index (κ3) is 28.0. The molecular formula is C62H103NO18. The van der Waals surface area contributed by atoms with Gasteiger partial charge in [0.2, 0.25) is 5.91 Å². The molecule has 0 aromatic rings. The third-order valence-corrected chi connectivity index (χ3v) is 14.4. The average molecular weight is 1150 g/mol. The number of hydrogen-bond donors (Lipinski definition) is 12. The Bertz CT molecular complexity index is 1850. The number of aliphatic hydroxyl groups is 11. The van der Waals surface area contributed by atoms with Gasteiger partial charge in [-0.25, -0.2) is 0 Å². The van der Waals surface area contributed by atoms with Crippen molar-refractivity contribution < 1.29 is 89.4 Å². The van der Waals surface area contributed by atoms with E-state index >= 15 is 0 Å². The first-order valence-electron chi connectivity index (χ1n) is 30.0. The Morgan fingerprint density at radius 2 is 0.864 bits per heavy atom. The molecule has 3 rings (SSSR count). The normalized spacial score (nSPS) is 30.5. The van der Waals surface area contributed by atoms with Crippen molar-refractivity contribution in [3.05, 3.63) is 97.2 Å². The van der Waals surface area contributed by atoms with Crippen molar-refractivity contribution in [2.75, 3.05) is 26.4 Å². The first-order chi connectivity index (χ1) is 39.3. The van der Waals surface area contributed by atoms with E-state index in [1.54, 1.807) is 6.08 Å². The molecule has 81 heavy (non-hydrogen) atoms. The lowest BCUT2D eigenvalue weighted by Crippen LogP contribution is -2.66. The minimum absolute atomic E-state index is 0.174. The van der Waals surface area contributed by atoms with E-state index in [4.69, 9.17) is 28.4 Å². The quantitative estimate of drug-likeness (QED) is 0.0270. The van der Waals surface area contributed by atoms with Gasteiger partial charge in [0.1, 0.15) is 73.2 Å². The molecule has 19 nitrogen and oxygen atoms in total. The number of allylic oxidation sites excluding steroid dienone is 15. The van der Waals surface area contributed by atoms with Gasteiger partial charge in [-0.15, -0.1) is 0 Å². The van der Waals surface area contributed by atoms with E-state index in [0.717, 1.165) is 70.6 Å². The highest BCUT2D eigenvalue weighted by molar-refractivity contribution is 5.76. The molecule has 3 fully saturated rings. The van der Waals surface area contributed by atoms with Gasteiger partial charge < -0.3 is 89.9 Å². The molecule has 0 aliphatic carbocycles. The number of aliphatic hydroxyl groups excluding tert-OH is 11. The lowest BCUT2D eigenvalue weighted by Gasteiger charge is -2.48. The molecule has 0 spiro atoms. The van der Waals surface area contributed by atoms with Crippen molar-refractivity contribution in [1.82, 2.24) is 5.32 Å². The van der Waals surface area contributed by atoms with Crippen molar-refractivity contribution in [2.24, 2.45) is 0 Å². The lowest BCUT2D eigenvalue weighted by molar-refractivity contribution is -0.379. The van der Waals surface area contributed by atoms with Gasteiger partial charge in [-0.05, 0) is 83.5 Å². The van der Waals surface area contributed by atoms with E-state index in [2.05, 4.69) is 104 Å². The molecule has 3 heterocycles. The summed E-state index contributed by atoms with van der Waals surface area (Å²) in [6.07, 6.45) is 28.2. The number of carbonyl (C=O) groups is 1. The van der Waals surface area contributed by atoms with Gasteiger partial charge in [0, 0.05) is 6.42 Å². The molecule has 0 aromatic heterocycles. The monoisotopic (exact) mass is 1150 g/mol. The molecule has 464 valence electrons. The SMILES string of the molecule is CC/C=C\C/C=C\C/C=C\C/C=C\C/C=C\C/C=C\CCCCC(=O)NC(COC1OC(CO)C(OC2OC(CO)C(OC3OC(CO)C(O)C(O)C3O)C(O)C2O)C(O)C1O)C(O)/C=C/CC/C=C/CCCCCCCCCCC. The number of hydrogen-bond acceptors (Lipinski definition) is 18. The molecule has 1 amide bonds. The molecule has 17 atom stereocenters. The van der Waals surface area contributed by atoms with Crippen LogP contribution in [0.3, 0.4) is 0 Å². The number of rotatable bonds is 42. The van der Waals surface area contributed by atoms with Crippen molar-refractivity contribution in [3.8, 4) is 0 Å². The number of amides is 1. The summed E-state index contributed by atoms with van der Waals surface area (Å²) >= 11 is 0. The Hall–Kier alpha value is -3.29. The van der Waals surface area contributed by atoms with Crippen LogP contribution in [-0.4, -0.2) is 193 Å². The topological polar surface area (TPSA) is 307 Å². The summed E-state index contributed by atoms with van der Waals surface area (Å²) in [5.74, 6) is -0.333. The highest BCUT2D eigenvalue weighted by atomic mass is 16.8. The van der Waals surface area contributed by atoms with Crippen LogP contribution in [0, 0.1) is 0 Å². The van der Waals surface area contributed by atoms with E-state index < -0.39 is 131 Å². The van der Waals surface area contributed by atoms with Crippen LogP contribution in [0.25, 0.3) is 0 Å². The largest absolute Gasteiger partial charge is 0.394 e. The maximum Gasteiger partial charge on any atom is 0.220 e. The Kier molecular flexibility index (Phi) is 39.3. The fourth-order valence-electron chi connectivity index (χ4n) is 9.44. The Morgan fingerprint density at radius 1 is 0.457 bits per heavy atom. The Labute approximate surface area is 482 Å². The number of carbonyl (C=O) groups excluding carboxylic acids is 1. The second-order valence-electron chi connectivity index (χ2n) is 21.1. The van der Waals surface area contributed by atoms with Gasteiger partial charge in [0.15, 0.2) is 18.9 Å². The minimum atomic E-state index is -1.99. The maximum absolute atomic E-state index is 13.3. The molecule has 0 aromatic carbocycles. The third-order valence-electron chi connectivity index (χ3n) is 14.4. The van der Waals surface area contributed by atoms with Crippen LogP contribution < -0.4 is 5.32 Å². The Balaban J connectivity index is 1.53. The number of unbranched alkanes of at least 4 members (excludes halogenated alkanes) is 12. The van der Waals surface area contributed by atoms with Crippen molar-refractivity contribution in [2.45, 2.75) is 259 Å². The first-order valence-corrected chi connectivity index (χ1v) is 30.0. The molecular weight excluding hydrogens is 1050 g/mol. The van der Waals surface area contributed by atoms with Crippen molar-refractivity contribution in [1.29, 1.82) is 0 Å². The molecule has 3 saturated heterocycles.